The zero-order chi connectivity index (χ0) is 22.0. The van der Waals surface area contributed by atoms with Gasteiger partial charge in [-0.15, -0.1) is 0 Å². The second-order valence-corrected chi connectivity index (χ2v) is 7.09. The summed E-state index contributed by atoms with van der Waals surface area (Å²) in [5.41, 5.74) is -8.71. The largest absolute Gasteiger partial charge is 0.743 e. The molecule has 0 aromatic carbocycles. The van der Waals surface area contributed by atoms with Gasteiger partial charge in [0.2, 0.25) is 0 Å². The third kappa shape index (κ3) is 2.89. The topological polar surface area (TPSA) is 114 Å². The molecule has 0 saturated carbocycles. The second kappa shape index (κ2) is 5.74. The number of alkyl halides is 12. The Morgan fingerprint density at radius 1 is 0.500 bits per heavy atom. The molecule has 0 aromatic heterocycles. The van der Waals surface area contributed by atoms with E-state index in [0.29, 0.717) is 0 Å². The van der Waals surface area contributed by atoms with Gasteiger partial charge < -0.3 is 9.11 Å². The Labute approximate surface area is 134 Å². The zero-order valence-electron chi connectivity index (χ0n) is 10.8. The van der Waals surface area contributed by atoms with E-state index in [1.165, 1.54) is 0 Å². The quantitative estimate of drug-likeness (QED) is 0.441. The van der Waals surface area contributed by atoms with Crippen molar-refractivity contribution in [3.8, 4) is 0 Å². The lowest BCUT2D eigenvalue weighted by atomic mass is 9.89. The van der Waals surface area contributed by atoms with Gasteiger partial charge in [-0.1, -0.05) is 0 Å². The molecule has 0 aromatic rings. The third-order valence-electron chi connectivity index (χ3n) is 2.61. The minimum atomic E-state index is -8.71. The highest BCUT2D eigenvalue weighted by Gasteiger charge is 2.95. The lowest BCUT2D eigenvalue weighted by Gasteiger charge is -2.44. The van der Waals surface area contributed by atoms with E-state index < -0.39 is 54.4 Å². The molecule has 0 saturated heterocycles. The summed E-state index contributed by atoms with van der Waals surface area (Å²) >= 11 is 0. The predicted molar refractivity (Wildman–Crippen MR) is 49.1 cm³/mol. The Hall–Kier alpha value is -1.02. The summed E-state index contributed by atoms with van der Waals surface area (Å²) in [5, 5.41) is -15.9. The predicted octanol–water partition coefficient (Wildman–Crippen LogP) is 1.80. The molecular weight excluding hydrogens is 460 g/mol. The van der Waals surface area contributed by atoms with Gasteiger partial charge in [-0.05, 0) is 0 Å². The van der Waals surface area contributed by atoms with Crippen LogP contribution in [-0.4, -0.2) is 60.1 Å². The van der Waals surface area contributed by atoms with Crippen molar-refractivity contribution in [1.82, 2.24) is 0 Å². The Kier molecular flexibility index (Phi) is 5.51. The average molecular weight is 460 g/mol. The van der Waals surface area contributed by atoms with Crippen molar-refractivity contribution in [3.63, 3.8) is 0 Å². The van der Waals surface area contributed by atoms with Gasteiger partial charge in [-0.2, -0.15) is 48.3 Å². The van der Waals surface area contributed by atoms with Crippen LogP contribution in [0.4, 0.5) is 52.7 Å². The highest BCUT2D eigenvalue weighted by molar-refractivity contribution is 7.87. The number of halogens is 12. The maximum absolute atomic E-state index is 13.5. The number of hydrogen-bond donors (Lipinski definition) is 0. The van der Waals surface area contributed by atoms with Gasteiger partial charge in [0.25, 0.3) is 0 Å². The summed E-state index contributed by atoms with van der Waals surface area (Å²) < 4.78 is 214. The van der Waals surface area contributed by atoms with E-state index in [1.54, 1.807) is 0 Å². The van der Waals surface area contributed by atoms with Crippen molar-refractivity contribution in [1.29, 1.82) is 0 Å². The standard InChI is InChI=1S/C6H2F12O6S2/c7-1(4(12,13)14,2(8,9)5(15,16)25(19,20)21)3(10,11)6(17,18)26(22,23)24/h(H,19,20,21)(H,22,23,24)/p-2. The maximum Gasteiger partial charge on any atom is 0.435 e. The van der Waals surface area contributed by atoms with E-state index >= 15 is 0 Å². The third-order valence-corrected chi connectivity index (χ3v) is 4.38. The Balaban J connectivity index is 7.31. The first-order valence-electron chi connectivity index (χ1n) is 4.93. The van der Waals surface area contributed by atoms with Gasteiger partial charge in [-0.3, -0.25) is 0 Å². The van der Waals surface area contributed by atoms with E-state index in [-0.39, 0.29) is 0 Å². The molecule has 0 spiro atoms. The van der Waals surface area contributed by atoms with E-state index in [9.17, 15) is 78.6 Å². The first-order chi connectivity index (χ1) is 10.8. The normalized spacial score (nSPS) is 16.7. The van der Waals surface area contributed by atoms with Crippen LogP contribution in [0.3, 0.4) is 0 Å². The molecule has 0 rings (SSSR count). The molecule has 0 aliphatic carbocycles. The van der Waals surface area contributed by atoms with Crippen LogP contribution in [0.5, 0.6) is 0 Å². The van der Waals surface area contributed by atoms with Crippen molar-refractivity contribution in [2.45, 2.75) is 34.2 Å². The minimum Gasteiger partial charge on any atom is -0.743 e. The molecule has 0 radical (unpaired) electrons. The SMILES string of the molecule is O=S(=O)([O-])C(F)(F)C(F)(F)C(F)(C(F)(F)F)C(F)(F)C(F)(F)S(=O)(=O)[O-]. The van der Waals surface area contributed by atoms with E-state index in [2.05, 4.69) is 0 Å². The van der Waals surface area contributed by atoms with Crippen LogP contribution >= 0.6 is 0 Å². The van der Waals surface area contributed by atoms with Crippen molar-refractivity contribution in [2.75, 3.05) is 0 Å². The van der Waals surface area contributed by atoms with Gasteiger partial charge in [0, 0.05) is 0 Å². The molecule has 0 atom stereocenters. The van der Waals surface area contributed by atoms with Crippen LogP contribution in [0, 0.1) is 0 Å². The first-order valence-corrected chi connectivity index (χ1v) is 7.74. The average Bonchev–Trinajstić information content (AvgIpc) is 2.32. The highest BCUT2D eigenvalue weighted by Crippen LogP contribution is 2.63. The van der Waals surface area contributed by atoms with Gasteiger partial charge >= 0.3 is 34.2 Å². The van der Waals surface area contributed by atoms with Crippen molar-refractivity contribution >= 4 is 20.2 Å². The van der Waals surface area contributed by atoms with Crippen molar-refractivity contribution in [2.24, 2.45) is 0 Å². The molecule has 0 N–H and O–H groups in total. The monoisotopic (exact) mass is 460 g/mol. The molecule has 0 amide bonds. The van der Waals surface area contributed by atoms with E-state index in [4.69, 9.17) is 0 Å². The van der Waals surface area contributed by atoms with Gasteiger partial charge in [0.1, 0.15) is 0 Å². The van der Waals surface area contributed by atoms with Crippen LogP contribution in [0.25, 0.3) is 0 Å². The summed E-state index contributed by atoms with van der Waals surface area (Å²) in [6.45, 7) is 0. The molecule has 0 aliphatic heterocycles. The van der Waals surface area contributed by atoms with Crippen LogP contribution in [0.15, 0.2) is 0 Å². The molecule has 6 nitrogen and oxygen atoms in total. The molecule has 0 aliphatic rings. The van der Waals surface area contributed by atoms with Gasteiger partial charge in [0.15, 0.2) is 20.2 Å². The Morgan fingerprint density at radius 2 is 0.692 bits per heavy atom. The van der Waals surface area contributed by atoms with Crippen LogP contribution in [0.2, 0.25) is 0 Å². The molecule has 26 heavy (non-hydrogen) atoms. The minimum absolute atomic E-state index is 7.95. The molecule has 158 valence electrons. The van der Waals surface area contributed by atoms with E-state index in [0.717, 1.165) is 0 Å². The smallest absolute Gasteiger partial charge is 0.435 e. The summed E-state index contributed by atoms with van der Waals surface area (Å²) in [6, 6.07) is 0. The van der Waals surface area contributed by atoms with Crippen LogP contribution in [-0.2, 0) is 20.2 Å². The molecule has 0 bridgehead atoms. The van der Waals surface area contributed by atoms with Gasteiger partial charge in [0.05, 0.1) is 0 Å². The van der Waals surface area contributed by atoms with Crippen molar-refractivity contribution in [3.05, 3.63) is 0 Å². The van der Waals surface area contributed by atoms with Crippen molar-refractivity contribution < 1.29 is 78.6 Å². The maximum atomic E-state index is 13.5. The first kappa shape index (κ1) is 25.0. The van der Waals surface area contributed by atoms with E-state index in [1.807, 2.05) is 0 Å². The Morgan fingerprint density at radius 3 is 0.808 bits per heavy atom. The highest BCUT2D eigenvalue weighted by atomic mass is 32.2. The number of hydrogen-bond acceptors (Lipinski definition) is 6. The molecule has 0 fully saturated rings. The zero-order valence-corrected chi connectivity index (χ0v) is 12.4. The molecule has 0 heterocycles. The molecule has 20 heteroatoms. The van der Waals surface area contributed by atoms with Gasteiger partial charge in [-0.25, -0.2) is 21.2 Å². The lowest BCUT2D eigenvalue weighted by molar-refractivity contribution is -0.410. The van der Waals surface area contributed by atoms with Crippen LogP contribution in [0.1, 0.15) is 0 Å². The second-order valence-electron chi connectivity index (χ2n) is 4.25. The van der Waals surface area contributed by atoms with Crippen LogP contribution < -0.4 is 0 Å². The summed E-state index contributed by atoms with van der Waals surface area (Å²) in [5.74, 6) is -17.1. The fourth-order valence-corrected chi connectivity index (χ4v) is 2.18. The fourth-order valence-electron chi connectivity index (χ4n) is 1.27. The summed E-state index contributed by atoms with van der Waals surface area (Å²) in [6.07, 6.45) is -8.26. The lowest BCUT2D eigenvalue weighted by Crippen LogP contribution is -2.76. The number of rotatable bonds is 6. The summed E-state index contributed by atoms with van der Waals surface area (Å²) in [4.78, 5) is 0. The fraction of sp³-hybridized carbons (Fsp3) is 1.00. The summed E-state index contributed by atoms with van der Waals surface area (Å²) in [7, 11) is -16.2. The molecule has 0 unspecified atom stereocenters. The Bertz CT molecular complexity index is 709. The molecular formula is C6F12O6S2-2.